The zero-order valence-corrected chi connectivity index (χ0v) is 11.6. The fraction of sp³-hybridized carbons (Fsp3) is 0.357. The van der Waals surface area contributed by atoms with Crippen molar-refractivity contribution in [1.29, 1.82) is 0 Å². The van der Waals surface area contributed by atoms with Crippen LogP contribution in [0, 0.1) is 0 Å². The van der Waals surface area contributed by atoms with Gasteiger partial charge in [-0.15, -0.1) is 16.9 Å². The van der Waals surface area contributed by atoms with Crippen molar-refractivity contribution < 1.29 is 4.79 Å². The maximum atomic E-state index is 12.7. The van der Waals surface area contributed by atoms with Crippen molar-refractivity contribution in [2.75, 3.05) is 5.75 Å². The maximum absolute atomic E-state index is 12.7. The number of ketones is 1. The summed E-state index contributed by atoms with van der Waals surface area (Å²) >= 11 is 1.75. The van der Waals surface area contributed by atoms with Gasteiger partial charge in [-0.05, 0) is 18.1 Å². The van der Waals surface area contributed by atoms with Gasteiger partial charge in [0, 0.05) is 17.2 Å². The minimum absolute atomic E-state index is 0.0599. The average molecular weight is 273 g/mol. The van der Waals surface area contributed by atoms with Crippen LogP contribution >= 0.6 is 11.8 Å². The number of nitrogens with zero attached hydrogens (tertiary/aromatic N) is 3. The van der Waals surface area contributed by atoms with Gasteiger partial charge in [-0.1, -0.05) is 30.3 Å². The van der Waals surface area contributed by atoms with E-state index in [1.807, 2.05) is 18.2 Å². The molecule has 0 amide bonds. The molecule has 0 radical (unpaired) electrons. The molecule has 2 aromatic rings. The van der Waals surface area contributed by atoms with E-state index in [9.17, 15) is 4.79 Å². The molecule has 0 N–H and O–H groups in total. The van der Waals surface area contributed by atoms with Crippen molar-refractivity contribution >= 4 is 17.5 Å². The van der Waals surface area contributed by atoms with Gasteiger partial charge in [0.15, 0.2) is 5.78 Å². The summed E-state index contributed by atoms with van der Waals surface area (Å²) in [4.78, 5) is 13.9. The van der Waals surface area contributed by atoms with Gasteiger partial charge in [0.2, 0.25) is 0 Å². The van der Waals surface area contributed by atoms with Gasteiger partial charge in [-0.2, -0.15) is 0 Å². The predicted molar refractivity (Wildman–Crippen MR) is 74.6 cm³/mol. The number of hydrogen-bond donors (Lipinski definition) is 0. The van der Waals surface area contributed by atoms with E-state index in [2.05, 4.69) is 23.3 Å². The molecule has 1 aliphatic heterocycles. The molecular weight excluding hydrogens is 258 g/mol. The van der Waals surface area contributed by atoms with Crippen LogP contribution < -0.4 is 0 Å². The maximum Gasteiger partial charge on any atom is 0.190 e. The molecule has 19 heavy (non-hydrogen) atoms. The Kier molecular flexibility index (Phi) is 3.38. The minimum Gasteiger partial charge on any atom is -0.292 e. The van der Waals surface area contributed by atoms with Crippen LogP contribution in [0.5, 0.6) is 0 Å². The summed E-state index contributed by atoms with van der Waals surface area (Å²) in [7, 11) is 0. The molecule has 0 saturated carbocycles. The number of Topliss-reactive ketones (excluding diaryl/α,β-unsaturated/α-hetero) is 1. The number of thioether (sulfide) groups is 1. The van der Waals surface area contributed by atoms with Gasteiger partial charge in [0.25, 0.3) is 0 Å². The lowest BCUT2D eigenvalue weighted by Crippen LogP contribution is -2.17. The fourth-order valence-electron chi connectivity index (χ4n) is 2.38. The van der Waals surface area contributed by atoms with E-state index < -0.39 is 0 Å². The van der Waals surface area contributed by atoms with Crippen LogP contribution in [-0.4, -0.2) is 26.5 Å². The summed E-state index contributed by atoms with van der Waals surface area (Å²) in [6.07, 6.45) is 2.53. The molecule has 98 valence electrons. The van der Waals surface area contributed by atoms with Crippen molar-refractivity contribution in [3.8, 4) is 0 Å². The molecule has 0 fully saturated rings. The second-order valence-electron chi connectivity index (χ2n) is 4.61. The molecule has 5 heteroatoms. The molecule has 0 aliphatic carbocycles. The molecular formula is C14H15N3OS. The average Bonchev–Trinajstić information content (AvgIpc) is 3.04. The monoisotopic (exact) mass is 273 g/mol. The summed E-state index contributed by atoms with van der Waals surface area (Å²) in [5, 5.41) is 7.87. The molecule has 1 aliphatic rings. The number of aryl methyl sites for hydroxylation is 1. The highest BCUT2D eigenvalue weighted by Gasteiger charge is 2.31. The first-order chi connectivity index (χ1) is 9.31. The molecule has 0 bridgehead atoms. The van der Waals surface area contributed by atoms with Crippen LogP contribution in [0.1, 0.15) is 35.3 Å². The normalized spacial score (nSPS) is 17.4. The predicted octanol–water partition coefficient (Wildman–Crippen LogP) is 2.76. The van der Waals surface area contributed by atoms with Crippen molar-refractivity contribution in [3.05, 3.63) is 41.7 Å². The second kappa shape index (κ2) is 5.17. The van der Waals surface area contributed by atoms with Crippen molar-refractivity contribution in [3.63, 3.8) is 0 Å². The van der Waals surface area contributed by atoms with Gasteiger partial charge >= 0.3 is 0 Å². The SMILES string of the molecule is CCCn1nncc1C(=O)C1CSc2ccccc21. The molecule has 1 aromatic heterocycles. The molecule has 0 saturated heterocycles. The van der Waals surface area contributed by atoms with E-state index in [-0.39, 0.29) is 11.7 Å². The Morgan fingerprint density at radius 2 is 2.32 bits per heavy atom. The second-order valence-corrected chi connectivity index (χ2v) is 5.67. The van der Waals surface area contributed by atoms with Gasteiger partial charge in [0.1, 0.15) is 5.69 Å². The highest BCUT2D eigenvalue weighted by molar-refractivity contribution is 7.99. The molecule has 0 spiro atoms. The van der Waals surface area contributed by atoms with Crippen LogP contribution in [0.4, 0.5) is 0 Å². The highest BCUT2D eigenvalue weighted by Crippen LogP contribution is 2.40. The van der Waals surface area contributed by atoms with Crippen molar-refractivity contribution in [1.82, 2.24) is 15.0 Å². The fourth-order valence-corrected chi connectivity index (χ4v) is 3.61. The number of carbonyl (C=O) groups is 1. The summed E-state index contributed by atoms with van der Waals surface area (Å²) in [5.41, 5.74) is 1.77. The minimum atomic E-state index is -0.0599. The molecule has 1 atom stereocenters. The number of benzene rings is 1. The molecule has 1 aromatic carbocycles. The lowest BCUT2D eigenvalue weighted by Gasteiger charge is -2.10. The molecule has 4 nitrogen and oxygen atoms in total. The van der Waals surface area contributed by atoms with Crippen molar-refractivity contribution in [2.24, 2.45) is 0 Å². The number of rotatable bonds is 4. The highest BCUT2D eigenvalue weighted by atomic mass is 32.2. The number of hydrogen-bond acceptors (Lipinski definition) is 4. The molecule has 2 heterocycles. The standard InChI is InChI=1S/C14H15N3OS/c1-2-7-17-12(8-15-16-17)14(18)11-9-19-13-6-4-3-5-10(11)13/h3-6,8,11H,2,7,9H2,1H3. The van der Waals surface area contributed by atoms with E-state index in [4.69, 9.17) is 0 Å². The number of fused-ring (bicyclic) bond motifs is 1. The molecule has 1 unspecified atom stereocenters. The van der Waals surface area contributed by atoms with Gasteiger partial charge < -0.3 is 0 Å². The Morgan fingerprint density at radius 3 is 3.16 bits per heavy atom. The summed E-state index contributed by atoms with van der Waals surface area (Å²) in [6, 6.07) is 8.13. The quantitative estimate of drug-likeness (QED) is 0.804. The smallest absolute Gasteiger partial charge is 0.190 e. The number of carbonyl (C=O) groups excluding carboxylic acids is 1. The van der Waals surface area contributed by atoms with Gasteiger partial charge in [-0.25, -0.2) is 4.68 Å². The lowest BCUT2D eigenvalue weighted by molar-refractivity contribution is 0.0957. The zero-order valence-electron chi connectivity index (χ0n) is 10.7. The summed E-state index contributed by atoms with van der Waals surface area (Å²) in [5.74, 6) is 0.890. The van der Waals surface area contributed by atoms with Crippen LogP contribution in [0.3, 0.4) is 0 Å². The van der Waals surface area contributed by atoms with Crippen LogP contribution in [0.25, 0.3) is 0 Å². The van der Waals surface area contributed by atoms with E-state index >= 15 is 0 Å². The first kappa shape index (κ1) is 12.4. The largest absolute Gasteiger partial charge is 0.292 e. The lowest BCUT2D eigenvalue weighted by atomic mass is 9.95. The number of aromatic nitrogens is 3. The summed E-state index contributed by atoms with van der Waals surface area (Å²) < 4.78 is 1.72. The summed E-state index contributed by atoms with van der Waals surface area (Å²) in [6.45, 7) is 2.80. The van der Waals surface area contributed by atoms with Gasteiger partial charge in [-0.3, -0.25) is 4.79 Å². The third kappa shape index (κ3) is 2.18. The van der Waals surface area contributed by atoms with Crippen molar-refractivity contribution in [2.45, 2.75) is 30.7 Å². The topological polar surface area (TPSA) is 47.8 Å². The Morgan fingerprint density at radius 1 is 1.47 bits per heavy atom. The Bertz CT molecular complexity index is 608. The van der Waals surface area contributed by atoms with E-state index in [1.54, 1.807) is 22.6 Å². The van der Waals surface area contributed by atoms with E-state index in [0.717, 1.165) is 24.3 Å². The Hall–Kier alpha value is -1.62. The third-order valence-electron chi connectivity index (χ3n) is 3.32. The third-order valence-corrected chi connectivity index (χ3v) is 4.50. The van der Waals surface area contributed by atoms with E-state index in [1.165, 1.54) is 4.90 Å². The Labute approximate surface area is 116 Å². The van der Waals surface area contributed by atoms with Crippen LogP contribution in [0.15, 0.2) is 35.4 Å². The first-order valence-corrected chi connectivity index (χ1v) is 7.44. The molecule has 3 rings (SSSR count). The zero-order chi connectivity index (χ0) is 13.2. The van der Waals surface area contributed by atoms with Crippen LogP contribution in [0.2, 0.25) is 0 Å². The Balaban J connectivity index is 1.91. The first-order valence-electron chi connectivity index (χ1n) is 6.45. The van der Waals surface area contributed by atoms with Crippen LogP contribution in [-0.2, 0) is 6.54 Å². The van der Waals surface area contributed by atoms with E-state index in [0.29, 0.717) is 5.69 Å². The van der Waals surface area contributed by atoms with Gasteiger partial charge in [0.05, 0.1) is 12.1 Å².